The summed E-state index contributed by atoms with van der Waals surface area (Å²) < 4.78 is 0. The van der Waals surface area contributed by atoms with Crippen LogP contribution < -0.4 is 5.32 Å². The van der Waals surface area contributed by atoms with Gasteiger partial charge in [-0.25, -0.2) is 9.59 Å². The van der Waals surface area contributed by atoms with Gasteiger partial charge in [0.25, 0.3) is 0 Å². The predicted octanol–water partition coefficient (Wildman–Crippen LogP) is 2.53. The molecule has 0 heterocycles. The maximum Gasteiger partial charge on any atom is 0.335 e. The maximum absolute atomic E-state index is 11.8. The molecule has 0 radical (unpaired) electrons. The fourth-order valence-corrected chi connectivity index (χ4v) is 1.90. The van der Waals surface area contributed by atoms with Crippen LogP contribution in [0.1, 0.15) is 29.3 Å². The van der Waals surface area contributed by atoms with Crippen molar-refractivity contribution in [1.82, 2.24) is 10.2 Å². The van der Waals surface area contributed by atoms with Crippen LogP contribution in [0.2, 0.25) is 0 Å². The number of hydrogen-bond acceptors (Lipinski definition) is 2. The fraction of sp³-hybridized carbons (Fsp3) is 0.375. The molecule has 1 aromatic carbocycles. The highest BCUT2D eigenvalue weighted by molar-refractivity contribution is 5.89. The van der Waals surface area contributed by atoms with Gasteiger partial charge in [-0.2, -0.15) is 0 Å². The Bertz CT molecular complexity index is 512. The zero-order chi connectivity index (χ0) is 15.7. The number of likely N-dealkylation sites (N-methyl/N-ethyl adjacent to an activating group) is 1. The number of benzene rings is 1. The summed E-state index contributed by atoms with van der Waals surface area (Å²) in [4.78, 5) is 24.5. The van der Waals surface area contributed by atoms with Crippen molar-refractivity contribution in [2.75, 3.05) is 20.1 Å². The molecular formula is C16H22N2O3. The van der Waals surface area contributed by atoms with E-state index in [1.54, 1.807) is 36.2 Å². The largest absolute Gasteiger partial charge is 0.478 e. The Morgan fingerprint density at radius 1 is 1.33 bits per heavy atom. The normalized spacial score (nSPS) is 10.6. The van der Waals surface area contributed by atoms with E-state index in [0.717, 1.165) is 12.0 Å². The van der Waals surface area contributed by atoms with Crippen molar-refractivity contribution in [3.63, 3.8) is 0 Å². The second-order valence-corrected chi connectivity index (χ2v) is 4.72. The zero-order valence-corrected chi connectivity index (χ0v) is 12.5. The van der Waals surface area contributed by atoms with Crippen LogP contribution >= 0.6 is 0 Å². The number of carbonyl (C=O) groups is 2. The molecule has 2 N–H and O–H groups in total. The molecular weight excluding hydrogens is 268 g/mol. The number of nitrogens with one attached hydrogen (secondary N) is 1. The smallest absolute Gasteiger partial charge is 0.335 e. The zero-order valence-electron chi connectivity index (χ0n) is 12.5. The van der Waals surface area contributed by atoms with Crippen LogP contribution in [0.15, 0.2) is 36.4 Å². The number of carbonyl (C=O) groups excluding carboxylic acids is 1. The van der Waals surface area contributed by atoms with E-state index in [4.69, 9.17) is 5.11 Å². The molecule has 0 fully saturated rings. The van der Waals surface area contributed by atoms with Crippen molar-refractivity contribution in [3.8, 4) is 0 Å². The van der Waals surface area contributed by atoms with E-state index < -0.39 is 5.97 Å². The summed E-state index contributed by atoms with van der Waals surface area (Å²) in [5.41, 5.74) is 1.03. The molecule has 1 rings (SSSR count). The van der Waals surface area contributed by atoms with Crippen molar-refractivity contribution >= 4 is 12.0 Å². The summed E-state index contributed by atoms with van der Waals surface area (Å²) in [6, 6.07) is 6.71. The third-order valence-electron chi connectivity index (χ3n) is 3.13. The third kappa shape index (κ3) is 5.69. The minimum Gasteiger partial charge on any atom is -0.478 e. The van der Waals surface area contributed by atoms with Crippen LogP contribution in [0.3, 0.4) is 0 Å². The molecule has 0 aliphatic carbocycles. The molecule has 5 nitrogen and oxygen atoms in total. The molecule has 0 unspecified atom stereocenters. The monoisotopic (exact) mass is 290 g/mol. The van der Waals surface area contributed by atoms with Crippen LogP contribution in [-0.4, -0.2) is 42.1 Å². The molecule has 0 atom stereocenters. The minimum absolute atomic E-state index is 0.146. The summed E-state index contributed by atoms with van der Waals surface area (Å²) in [7, 11) is 1.70. The van der Waals surface area contributed by atoms with Crippen LogP contribution in [0.5, 0.6) is 0 Å². The Labute approximate surface area is 125 Å². The van der Waals surface area contributed by atoms with E-state index in [0.29, 0.717) is 25.1 Å². The van der Waals surface area contributed by atoms with Gasteiger partial charge >= 0.3 is 12.0 Å². The van der Waals surface area contributed by atoms with Crippen LogP contribution in [0.25, 0.3) is 0 Å². The van der Waals surface area contributed by atoms with Gasteiger partial charge in [-0.05, 0) is 31.4 Å². The van der Waals surface area contributed by atoms with Crippen molar-refractivity contribution < 1.29 is 14.7 Å². The summed E-state index contributed by atoms with van der Waals surface area (Å²) in [6.07, 6.45) is 5.25. The van der Waals surface area contributed by atoms with Gasteiger partial charge in [-0.3, -0.25) is 0 Å². The Hall–Kier alpha value is -2.30. The molecule has 21 heavy (non-hydrogen) atoms. The van der Waals surface area contributed by atoms with Crippen molar-refractivity contribution in [2.45, 2.75) is 19.8 Å². The lowest BCUT2D eigenvalue weighted by Gasteiger charge is -2.18. The first-order chi connectivity index (χ1) is 10.1. The number of amides is 2. The maximum atomic E-state index is 11.8. The molecule has 1 aromatic rings. The van der Waals surface area contributed by atoms with Crippen LogP contribution in [0.4, 0.5) is 4.79 Å². The number of allylic oxidation sites excluding steroid dienone is 1. The van der Waals surface area contributed by atoms with E-state index in [2.05, 4.69) is 5.32 Å². The topological polar surface area (TPSA) is 69.6 Å². The van der Waals surface area contributed by atoms with Gasteiger partial charge in [-0.1, -0.05) is 30.4 Å². The summed E-state index contributed by atoms with van der Waals surface area (Å²) in [6.45, 7) is 3.01. The SMILES string of the molecule is C/C=C/CCNC(=O)N(C)CCc1ccccc1C(=O)O. The van der Waals surface area contributed by atoms with Crippen LogP contribution in [-0.2, 0) is 6.42 Å². The Kier molecular flexibility index (Phi) is 7.01. The molecule has 2 amide bonds. The van der Waals surface area contributed by atoms with Crippen molar-refractivity contribution in [3.05, 3.63) is 47.5 Å². The molecule has 0 bridgehead atoms. The van der Waals surface area contributed by atoms with Crippen LogP contribution in [0, 0.1) is 0 Å². The number of rotatable bonds is 7. The number of nitrogens with zero attached hydrogens (tertiary/aromatic N) is 1. The second-order valence-electron chi connectivity index (χ2n) is 4.72. The quantitative estimate of drug-likeness (QED) is 0.599. The minimum atomic E-state index is -0.941. The first kappa shape index (κ1) is 16.8. The van der Waals surface area contributed by atoms with Gasteiger partial charge in [-0.15, -0.1) is 0 Å². The van der Waals surface area contributed by atoms with Gasteiger partial charge in [0, 0.05) is 20.1 Å². The van der Waals surface area contributed by atoms with Crippen molar-refractivity contribution in [1.29, 1.82) is 0 Å². The lowest BCUT2D eigenvalue weighted by atomic mass is 10.0. The number of urea groups is 1. The van der Waals surface area contributed by atoms with Gasteiger partial charge in [0.15, 0.2) is 0 Å². The molecule has 0 aliphatic heterocycles. The summed E-state index contributed by atoms with van der Waals surface area (Å²) >= 11 is 0. The molecule has 0 spiro atoms. The van der Waals surface area contributed by atoms with Gasteiger partial charge in [0.05, 0.1) is 5.56 Å². The average molecular weight is 290 g/mol. The lowest BCUT2D eigenvalue weighted by molar-refractivity contribution is 0.0695. The second kappa shape index (κ2) is 8.79. The molecule has 0 aliphatic rings. The Balaban J connectivity index is 2.47. The number of carboxylic acid groups (broad SMARTS) is 1. The number of hydrogen-bond donors (Lipinski definition) is 2. The predicted molar refractivity (Wildman–Crippen MR) is 82.6 cm³/mol. The van der Waals surface area contributed by atoms with E-state index >= 15 is 0 Å². The average Bonchev–Trinajstić information content (AvgIpc) is 2.49. The third-order valence-corrected chi connectivity index (χ3v) is 3.13. The van der Waals surface area contributed by atoms with Gasteiger partial charge in [0.1, 0.15) is 0 Å². The molecule has 0 saturated carbocycles. The number of aromatic carboxylic acids is 1. The lowest BCUT2D eigenvalue weighted by Crippen LogP contribution is -2.38. The molecule has 0 saturated heterocycles. The van der Waals surface area contributed by atoms with E-state index in [9.17, 15) is 9.59 Å². The fourth-order valence-electron chi connectivity index (χ4n) is 1.90. The summed E-state index contributed by atoms with van der Waals surface area (Å²) in [5.74, 6) is -0.941. The number of carboxylic acids is 1. The molecule has 114 valence electrons. The van der Waals surface area contributed by atoms with E-state index in [-0.39, 0.29) is 6.03 Å². The highest BCUT2D eigenvalue weighted by Gasteiger charge is 2.11. The Morgan fingerprint density at radius 2 is 2.05 bits per heavy atom. The Morgan fingerprint density at radius 3 is 2.71 bits per heavy atom. The van der Waals surface area contributed by atoms with E-state index in [1.165, 1.54) is 0 Å². The first-order valence-corrected chi connectivity index (χ1v) is 6.97. The van der Waals surface area contributed by atoms with E-state index in [1.807, 2.05) is 19.1 Å². The van der Waals surface area contributed by atoms with Crippen molar-refractivity contribution in [2.24, 2.45) is 0 Å². The standard InChI is InChI=1S/C16H22N2O3/c1-3-4-7-11-17-16(21)18(2)12-10-13-8-5-6-9-14(13)15(19)20/h3-6,8-9H,7,10-12H2,1-2H3,(H,17,21)(H,19,20)/b4-3+. The summed E-state index contributed by atoms with van der Waals surface area (Å²) in [5, 5.41) is 11.9. The molecule has 5 heteroatoms. The highest BCUT2D eigenvalue weighted by atomic mass is 16.4. The van der Waals surface area contributed by atoms with Gasteiger partial charge < -0.3 is 15.3 Å². The first-order valence-electron chi connectivity index (χ1n) is 6.97. The highest BCUT2D eigenvalue weighted by Crippen LogP contribution is 2.10. The molecule has 0 aromatic heterocycles. The van der Waals surface area contributed by atoms with Gasteiger partial charge in [0.2, 0.25) is 0 Å².